The van der Waals surface area contributed by atoms with Gasteiger partial charge in [-0.2, -0.15) is 0 Å². The molecule has 0 fully saturated rings. The van der Waals surface area contributed by atoms with Crippen LogP contribution in [0.1, 0.15) is 11.7 Å². The molecule has 0 aliphatic heterocycles. The molecule has 6 heteroatoms. The Hall–Kier alpha value is -2.37. The summed E-state index contributed by atoms with van der Waals surface area (Å²) in [4.78, 5) is 15.5. The molecule has 1 unspecified atom stereocenters. The molecule has 0 aliphatic carbocycles. The number of oxazole rings is 1. The maximum atomic E-state index is 11.1. The van der Waals surface area contributed by atoms with Gasteiger partial charge in [-0.15, -0.1) is 0 Å². The lowest BCUT2D eigenvalue weighted by molar-refractivity contribution is -0.148. The summed E-state index contributed by atoms with van der Waals surface area (Å²) in [7, 11) is 1.35. The molecule has 1 atom stereocenters. The smallest absolute Gasteiger partial charge is 0.337 e. The predicted octanol–water partition coefficient (Wildman–Crippen LogP) is 3.92. The number of halogens is 1. The summed E-state index contributed by atoms with van der Waals surface area (Å²) in [6, 6.07) is 12.1. The van der Waals surface area contributed by atoms with E-state index in [1.165, 1.54) is 7.11 Å². The number of hydrogen-bond donors (Lipinski definition) is 1. The van der Waals surface area contributed by atoms with Crippen LogP contribution in [0.5, 0.6) is 0 Å². The number of fused-ring (bicyclic) bond motifs is 1. The normalized spacial score (nSPS) is 12.5. The summed E-state index contributed by atoms with van der Waals surface area (Å²) in [5, 5.41) is 9.76. The van der Waals surface area contributed by atoms with Crippen LogP contribution in [-0.4, -0.2) is 23.2 Å². The molecule has 0 amide bonds. The molecule has 5 nitrogen and oxygen atoms in total. The van der Waals surface area contributed by atoms with Crippen molar-refractivity contribution in [1.82, 2.24) is 4.98 Å². The molecule has 3 rings (SSSR count). The second-order valence-electron chi connectivity index (χ2n) is 4.71. The quantitative estimate of drug-likeness (QED) is 0.789. The number of carboxylic acid groups (broad SMARTS) is 1. The van der Waals surface area contributed by atoms with Crippen LogP contribution in [-0.2, 0) is 9.53 Å². The van der Waals surface area contributed by atoms with Crippen molar-refractivity contribution in [3.63, 3.8) is 0 Å². The summed E-state index contributed by atoms with van der Waals surface area (Å²) >= 11 is 5.86. The van der Waals surface area contributed by atoms with Crippen molar-refractivity contribution in [3.8, 4) is 11.5 Å². The molecule has 3 aromatic rings. The highest BCUT2D eigenvalue weighted by Gasteiger charge is 2.20. The van der Waals surface area contributed by atoms with Crippen LogP contribution in [0.3, 0.4) is 0 Å². The molecule has 22 heavy (non-hydrogen) atoms. The first-order chi connectivity index (χ1) is 10.6. The van der Waals surface area contributed by atoms with Crippen molar-refractivity contribution in [2.75, 3.05) is 7.11 Å². The molecule has 0 saturated heterocycles. The lowest BCUT2D eigenvalue weighted by atomic mass is 10.1. The van der Waals surface area contributed by atoms with Gasteiger partial charge in [-0.25, -0.2) is 9.78 Å². The average molecular weight is 318 g/mol. The van der Waals surface area contributed by atoms with E-state index in [1.807, 2.05) is 12.1 Å². The minimum absolute atomic E-state index is 0.452. The van der Waals surface area contributed by atoms with Crippen LogP contribution in [0, 0.1) is 0 Å². The average Bonchev–Trinajstić information content (AvgIpc) is 2.91. The van der Waals surface area contributed by atoms with Crippen molar-refractivity contribution in [1.29, 1.82) is 0 Å². The van der Waals surface area contributed by atoms with Crippen LogP contribution in [0.15, 0.2) is 46.9 Å². The Kier molecular flexibility index (Phi) is 3.83. The van der Waals surface area contributed by atoms with Gasteiger partial charge in [-0.1, -0.05) is 17.7 Å². The highest BCUT2D eigenvalue weighted by Crippen LogP contribution is 2.28. The summed E-state index contributed by atoms with van der Waals surface area (Å²) in [5.41, 5.74) is 2.46. The highest BCUT2D eigenvalue weighted by atomic mass is 35.5. The number of nitrogens with zero attached hydrogens (tertiary/aromatic N) is 1. The molecular formula is C16H12ClNO4. The molecule has 0 bridgehead atoms. The first kappa shape index (κ1) is 14.6. The number of methoxy groups -OCH3 is 1. The Morgan fingerprint density at radius 2 is 2.00 bits per heavy atom. The van der Waals surface area contributed by atoms with Crippen LogP contribution >= 0.6 is 11.6 Å². The first-order valence-corrected chi connectivity index (χ1v) is 6.88. The standard InChI is InChI=1S/C16H12ClNO4/c1-21-14(16(19)20)10-4-7-13-12(8-10)18-15(22-13)9-2-5-11(17)6-3-9/h2-8,14H,1H3,(H,19,20). The van der Waals surface area contributed by atoms with Crippen LogP contribution < -0.4 is 0 Å². The van der Waals surface area contributed by atoms with Gasteiger partial charge in [0.05, 0.1) is 0 Å². The first-order valence-electron chi connectivity index (χ1n) is 6.50. The summed E-state index contributed by atoms with van der Waals surface area (Å²) in [5.74, 6) is -0.601. The van der Waals surface area contributed by atoms with E-state index in [4.69, 9.17) is 25.9 Å². The maximum absolute atomic E-state index is 11.1. The van der Waals surface area contributed by atoms with Crippen molar-refractivity contribution in [2.45, 2.75) is 6.10 Å². The third-order valence-electron chi connectivity index (χ3n) is 3.27. The lowest BCUT2D eigenvalue weighted by Gasteiger charge is -2.09. The van der Waals surface area contributed by atoms with Gasteiger partial charge in [0, 0.05) is 17.7 Å². The van der Waals surface area contributed by atoms with Gasteiger partial charge >= 0.3 is 5.97 Å². The van der Waals surface area contributed by atoms with E-state index < -0.39 is 12.1 Å². The van der Waals surface area contributed by atoms with Gasteiger partial charge in [0.25, 0.3) is 0 Å². The molecule has 0 aliphatic rings. The van der Waals surface area contributed by atoms with Crippen molar-refractivity contribution in [2.24, 2.45) is 0 Å². The van der Waals surface area contributed by atoms with E-state index in [0.717, 1.165) is 5.56 Å². The van der Waals surface area contributed by atoms with Gasteiger partial charge < -0.3 is 14.3 Å². The fraction of sp³-hybridized carbons (Fsp3) is 0.125. The molecule has 2 aromatic carbocycles. The zero-order valence-electron chi connectivity index (χ0n) is 11.6. The predicted molar refractivity (Wildman–Crippen MR) is 81.8 cm³/mol. The topological polar surface area (TPSA) is 72.6 Å². The Labute approximate surface area is 131 Å². The summed E-state index contributed by atoms with van der Waals surface area (Å²) < 4.78 is 10.7. The van der Waals surface area contributed by atoms with E-state index in [1.54, 1.807) is 30.3 Å². The van der Waals surface area contributed by atoms with E-state index in [9.17, 15) is 4.79 Å². The third-order valence-corrected chi connectivity index (χ3v) is 3.52. The molecule has 0 spiro atoms. The Morgan fingerprint density at radius 3 is 2.64 bits per heavy atom. The Balaban J connectivity index is 2.03. The summed E-state index contributed by atoms with van der Waals surface area (Å²) in [6.45, 7) is 0. The minimum Gasteiger partial charge on any atom is -0.479 e. The lowest BCUT2D eigenvalue weighted by Crippen LogP contribution is -2.13. The van der Waals surface area contributed by atoms with Gasteiger partial charge in [0.1, 0.15) is 5.52 Å². The van der Waals surface area contributed by atoms with Crippen molar-refractivity contribution >= 4 is 28.7 Å². The van der Waals surface area contributed by atoms with Crippen LogP contribution in [0.2, 0.25) is 5.02 Å². The number of ether oxygens (including phenoxy) is 1. The molecule has 1 aromatic heterocycles. The number of carboxylic acids is 1. The van der Waals surface area contributed by atoms with Gasteiger partial charge in [-0.3, -0.25) is 0 Å². The van der Waals surface area contributed by atoms with Crippen molar-refractivity contribution < 1.29 is 19.1 Å². The number of aromatic nitrogens is 1. The van der Waals surface area contributed by atoms with E-state index in [0.29, 0.717) is 27.6 Å². The molecule has 1 N–H and O–H groups in total. The van der Waals surface area contributed by atoms with E-state index >= 15 is 0 Å². The molecular weight excluding hydrogens is 306 g/mol. The minimum atomic E-state index is -1.05. The Bertz CT molecular complexity index is 826. The molecule has 0 radical (unpaired) electrons. The van der Waals surface area contributed by atoms with Crippen LogP contribution in [0.4, 0.5) is 0 Å². The highest BCUT2D eigenvalue weighted by molar-refractivity contribution is 6.30. The molecule has 1 heterocycles. The monoisotopic (exact) mass is 317 g/mol. The second kappa shape index (κ2) is 5.79. The number of hydrogen-bond acceptors (Lipinski definition) is 4. The zero-order valence-corrected chi connectivity index (χ0v) is 12.4. The number of rotatable bonds is 4. The summed E-state index contributed by atoms with van der Waals surface area (Å²) in [6.07, 6.45) is -1.03. The Morgan fingerprint density at radius 1 is 1.27 bits per heavy atom. The molecule has 112 valence electrons. The van der Waals surface area contributed by atoms with Crippen molar-refractivity contribution in [3.05, 3.63) is 53.1 Å². The van der Waals surface area contributed by atoms with Gasteiger partial charge in [0.15, 0.2) is 11.7 Å². The van der Waals surface area contributed by atoms with Gasteiger partial charge in [-0.05, 0) is 42.0 Å². The zero-order chi connectivity index (χ0) is 15.7. The maximum Gasteiger partial charge on any atom is 0.337 e. The largest absolute Gasteiger partial charge is 0.479 e. The van der Waals surface area contributed by atoms with E-state index in [2.05, 4.69) is 4.98 Å². The number of carbonyl (C=O) groups is 1. The number of aliphatic carboxylic acids is 1. The van der Waals surface area contributed by atoms with Crippen LogP contribution in [0.25, 0.3) is 22.6 Å². The SMILES string of the molecule is COC(C(=O)O)c1ccc2oc(-c3ccc(Cl)cc3)nc2c1. The number of benzene rings is 2. The third kappa shape index (κ3) is 2.68. The fourth-order valence-corrected chi connectivity index (χ4v) is 2.33. The fourth-order valence-electron chi connectivity index (χ4n) is 2.20. The second-order valence-corrected chi connectivity index (χ2v) is 5.14. The van der Waals surface area contributed by atoms with Gasteiger partial charge in [0.2, 0.25) is 5.89 Å². The van der Waals surface area contributed by atoms with E-state index in [-0.39, 0.29) is 0 Å². The molecule has 0 saturated carbocycles.